The van der Waals surface area contributed by atoms with Crippen molar-refractivity contribution >= 4 is 39.2 Å². The molecule has 2 heterocycles. The minimum atomic E-state index is -3.68. The summed E-state index contributed by atoms with van der Waals surface area (Å²) in [7, 11) is -2.37. The molecule has 1 aliphatic heterocycles. The van der Waals surface area contributed by atoms with Gasteiger partial charge >= 0.3 is 0 Å². The Balaban J connectivity index is 2.00. The fourth-order valence-electron chi connectivity index (χ4n) is 3.31. The molecule has 0 radical (unpaired) electrons. The van der Waals surface area contributed by atoms with Crippen molar-refractivity contribution in [3.63, 3.8) is 0 Å². The Morgan fingerprint density at radius 3 is 2.57 bits per heavy atom. The molecule has 30 heavy (non-hydrogen) atoms. The molecule has 0 atom stereocenters. The third-order valence-electron chi connectivity index (χ3n) is 4.73. The lowest BCUT2D eigenvalue weighted by atomic mass is 10.0. The van der Waals surface area contributed by atoms with Crippen LogP contribution in [0.25, 0.3) is 0 Å². The number of hydrogen-bond acceptors (Lipinski definition) is 8. The SMILES string of the molecule is COc1cc(Cl)c(F)cc1C(=O)c1cnc(N(C2CCNCC2)S(C)(=O)=O)nc1N. The second kappa shape index (κ2) is 8.70. The van der Waals surface area contributed by atoms with E-state index in [2.05, 4.69) is 15.3 Å². The summed E-state index contributed by atoms with van der Waals surface area (Å²) in [5.74, 6) is -1.77. The van der Waals surface area contributed by atoms with E-state index in [4.69, 9.17) is 22.1 Å². The van der Waals surface area contributed by atoms with Crippen LogP contribution in [0.3, 0.4) is 0 Å². The van der Waals surface area contributed by atoms with Crippen LogP contribution in [0.1, 0.15) is 28.8 Å². The molecule has 0 saturated carbocycles. The molecule has 9 nitrogen and oxygen atoms in total. The number of nitrogens with one attached hydrogen (secondary N) is 1. The zero-order chi connectivity index (χ0) is 22.1. The van der Waals surface area contributed by atoms with Crippen LogP contribution in [0.15, 0.2) is 18.3 Å². The number of ether oxygens (including phenoxy) is 1. The number of piperidine rings is 1. The Labute approximate surface area is 178 Å². The number of halogens is 2. The summed E-state index contributed by atoms with van der Waals surface area (Å²) in [6, 6.07) is 1.79. The van der Waals surface area contributed by atoms with Gasteiger partial charge in [0.25, 0.3) is 0 Å². The number of aromatic nitrogens is 2. The zero-order valence-corrected chi connectivity index (χ0v) is 17.9. The molecule has 3 rings (SSSR count). The number of methoxy groups -OCH3 is 1. The van der Waals surface area contributed by atoms with Crippen molar-refractivity contribution in [2.75, 3.05) is 36.5 Å². The fraction of sp³-hybridized carbons (Fsp3) is 0.389. The van der Waals surface area contributed by atoms with E-state index in [1.807, 2.05) is 0 Å². The summed E-state index contributed by atoms with van der Waals surface area (Å²) >= 11 is 5.74. The highest BCUT2D eigenvalue weighted by atomic mass is 35.5. The molecule has 1 aromatic heterocycles. The van der Waals surface area contributed by atoms with E-state index in [-0.39, 0.29) is 39.7 Å². The van der Waals surface area contributed by atoms with Gasteiger partial charge in [-0.3, -0.25) is 4.79 Å². The first-order chi connectivity index (χ1) is 14.1. The number of rotatable bonds is 6. The van der Waals surface area contributed by atoms with Crippen LogP contribution in [0.2, 0.25) is 5.02 Å². The number of carbonyl (C=O) groups excluding carboxylic acids is 1. The van der Waals surface area contributed by atoms with Crippen molar-refractivity contribution in [2.45, 2.75) is 18.9 Å². The molecule has 162 valence electrons. The molecule has 1 aliphatic rings. The number of benzene rings is 1. The topological polar surface area (TPSA) is 128 Å². The lowest BCUT2D eigenvalue weighted by molar-refractivity contribution is 0.103. The van der Waals surface area contributed by atoms with E-state index >= 15 is 0 Å². The Kier molecular flexibility index (Phi) is 6.44. The number of nitrogen functional groups attached to an aromatic ring is 1. The minimum Gasteiger partial charge on any atom is -0.496 e. The second-order valence-electron chi connectivity index (χ2n) is 6.80. The molecule has 1 aromatic carbocycles. The summed E-state index contributed by atoms with van der Waals surface area (Å²) in [6.07, 6.45) is 3.36. The number of nitrogens with zero attached hydrogens (tertiary/aromatic N) is 3. The lowest BCUT2D eigenvalue weighted by Crippen LogP contribution is -2.46. The molecule has 1 fully saturated rings. The van der Waals surface area contributed by atoms with E-state index in [0.29, 0.717) is 25.9 Å². The maximum atomic E-state index is 13.9. The smallest absolute Gasteiger partial charge is 0.241 e. The molecule has 3 N–H and O–H groups in total. The summed E-state index contributed by atoms with van der Waals surface area (Å²) in [5.41, 5.74) is 5.74. The largest absolute Gasteiger partial charge is 0.496 e. The molecule has 0 unspecified atom stereocenters. The number of anilines is 2. The molecule has 0 bridgehead atoms. The molecular formula is C18H21ClFN5O4S. The lowest BCUT2D eigenvalue weighted by Gasteiger charge is -2.32. The maximum absolute atomic E-state index is 13.9. The Morgan fingerprint density at radius 2 is 2.00 bits per heavy atom. The average molecular weight is 458 g/mol. The summed E-state index contributed by atoms with van der Waals surface area (Å²) in [4.78, 5) is 21.0. The van der Waals surface area contributed by atoms with Gasteiger partial charge < -0.3 is 15.8 Å². The molecule has 0 amide bonds. The highest BCUT2D eigenvalue weighted by Gasteiger charge is 2.31. The third-order valence-corrected chi connectivity index (χ3v) is 6.20. The van der Waals surface area contributed by atoms with E-state index in [0.717, 1.165) is 22.8 Å². The van der Waals surface area contributed by atoms with Crippen molar-refractivity contribution in [2.24, 2.45) is 0 Å². The third kappa shape index (κ3) is 4.47. The van der Waals surface area contributed by atoms with Gasteiger partial charge in [0.05, 0.1) is 35.6 Å². The highest BCUT2D eigenvalue weighted by Crippen LogP contribution is 2.30. The number of ketones is 1. The van der Waals surface area contributed by atoms with E-state index < -0.39 is 21.6 Å². The van der Waals surface area contributed by atoms with E-state index in [9.17, 15) is 17.6 Å². The first-order valence-electron chi connectivity index (χ1n) is 9.04. The van der Waals surface area contributed by atoms with Crippen molar-refractivity contribution in [3.05, 3.63) is 40.3 Å². The predicted octanol–water partition coefficient (Wildman–Crippen LogP) is 1.61. The Bertz CT molecular complexity index is 1080. The van der Waals surface area contributed by atoms with Crippen LogP contribution in [0.5, 0.6) is 5.75 Å². The normalized spacial score (nSPS) is 15.1. The number of hydrogen-bond donors (Lipinski definition) is 2. The zero-order valence-electron chi connectivity index (χ0n) is 16.4. The van der Waals surface area contributed by atoms with Crippen LogP contribution in [-0.2, 0) is 10.0 Å². The van der Waals surface area contributed by atoms with Crippen LogP contribution in [-0.4, -0.2) is 56.7 Å². The molecule has 2 aromatic rings. The number of carbonyl (C=O) groups is 1. The van der Waals surface area contributed by atoms with Gasteiger partial charge in [-0.05, 0) is 32.0 Å². The monoisotopic (exact) mass is 457 g/mol. The summed E-state index contributed by atoms with van der Waals surface area (Å²) in [5, 5.41) is 2.96. The van der Waals surface area contributed by atoms with Crippen LogP contribution >= 0.6 is 11.6 Å². The van der Waals surface area contributed by atoms with Gasteiger partial charge in [-0.25, -0.2) is 22.1 Å². The molecule has 1 saturated heterocycles. The fourth-order valence-corrected chi connectivity index (χ4v) is 4.60. The Hall–Kier alpha value is -2.50. The van der Waals surface area contributed by atoms with Crippen molar-refractivity contribution in [1.82, 2.24) is 15.3 Å². The van der Waals surface area contributed by atoms with E-state index in [1.54, 1.807) is 0 Å². The maximum Gasteiger partial charge on any atom is 0.241 e. The van der Waals surface area contributed by atoms with Crippen molar-refractivity contribution in [3.8, 4) is 5.75 Å². The molecule has 0 aliphatic carbocycles. The molecule has 0 spiro atoms. The quantitative estimate of drug-likeness (QED) is 0.626. The van der Waals surface area contributed by atoms with Crippen LogP contribution < -0.4 is 20.1 Å². The Morgan fingerprint density at radius 1 is 1.33 bits per heavy atom. The van der Waals surface area contributed by atoms with Gasteiger partial charge in [-0.15, -0.1) is 0 Å². The van der Waals surface area contributed by atoms with Crippen molar-refractivity contribution < 1.29 is 22.3 Å². The summed E-state index contributed by atoms with van der Waals surface area (Å²) in [6.45, 7) is 1.31. The number of sulfonamides is 1. The number of nitrogens with two attached hydrogens (primary N) is 1. The standard InChI is InChI=1S/C18H21ClFN5O4S/c1-29-15-8-13(19)14(20)7-11(15)16(26)12-9-23-18(24-17(12)21)25(30(2,27)28)10-3-5-22-6-4-10/h7-10,22H,3-6H2,1-2H3,(H2,21,23,24). The first kappa shape index (κ1) is 22.2. The van der Waals surface area contributed by atoms with Crippen molar-refractivity contribution in [1.29, 1.82) is 0 Å². The minimum absolute atomic E-state index is 0.0577. The molecule has 12 heteroatoms. The van der Waals surface area contributed by atoms with Gasteiger partial charge in [-0.2, -0.15) is 4.98 Å². The highest BCUT2D eigenvalue weighted by molar-refractivity contribution is 7.92. The average Bonchev–Trinajstić information content (AvgIpc) is 2.69. The van der Waals surface area contributed by atoms with Gasteiger partial charge in [-0.1, -0.05) is 11.6 Å². The first-order valence-corrected chi connectivity index (χ1v) is 11.3. The summed E-state index contributed by atoms with van der Waals surface area (Å²) < 4.78 is 44.9. The van der Waals surface area contributed by atoms with E-state index in [1.165, 1.54) is 13.2 Å². The van der Waals surface area contributed by atoms with Gasteiger partial charge in [0.1, 0.15) is 17.4 Å². The van der Waals surface area contributed by atoms with Gasteiger partial charge in [0.2, 0.25) is 21.8 Å². The second-order valence-corrected chi connectivity index (χ2v) is 9.07. The van der Waals surface area contributed by atoms with Crippen LogP contribution in [0, 0.1) is 5.82 Å². The van der Waals surface area contributed by atoms with Crippen LogP contribution in [0.4, 0.5) is 16.2 Å². The van der Waals surface area contributed by atoms with Gasteiger partial charge in [0.15, 0.2) is 0 Å². The molecular weight excluding hydrogens is 437 g/mol. The van der Waals surface area contributed by atoms with Gasteiger partial charge in [0, 0.05) is 12.3 Å². The predicted molar refractivity (Wildman–Crippen MR) is 111 cm³/mol.